The molecule has 0 radical (unpaired) electrons. The van der Waals surface area contributed by atoms with E-state index < -0.39 is 0 Å². The summed E-state index contributed by atoms with van der Waals surface area (Å²) >= 11 is 3.42. The smallest absolute Gasteiger partial charge is 0.319 e. The molecule has 1 aromatic carbocycles. The zero-order valence-electron chi connectivity index (χ0n) is 11.3. The number of halogens is 1. The lowest BCUT2D eigenvalue weighted by Gasteiger charge is -2.17. The van der Waals surface area contributed by atoms with Gasteiger partial charge in [-0.25, -0.2) is 4.79 Å². The second kappa shape index (κ2) is 6.94. The number of urea groups is 1. The third kappa shape index (κ3) is 4.53. The monoisotopic (exact) mass is 324 g/mol. The fourth-order valence-corrected chi connectivity index (χ4v) is 2.86. The molecule has 0 unspecified atom stereocenters. The Labute approximate surface area is 123 Å². The van der Waals surface area contributed by atoms with E-state index in [2.05, 4.69) is 26.6 Å². The Balaban J connectivity index is 1.91. The molecular weight excluding hydrogens is 304 g/mol. The standard InChI is InChI=1S/C15H21BrN2O/c1-11-8-9-12(16)10-14(11)18-15(19)17-13-6-4-2-3-5-7-13/h8-10,13H,2-7H2,1H3,(H2,17,18,19). The Morgan fingerprint density at radius 2 is 1.89 bits per heavy atom. The molecule has 1 saturated carbocycles. The Morgan fingerprint density at radius 1 is 1.21 bits per heavy atom. The molecule has 1 fully saturated rings. The van der Waals surface area contributed by atoms with E-state index in [4.69, 9.17) is 0 Å². The topological polar surface area (TPSA) is 41.1 Å². The average Bonchev–Trinajstić information content (AvgIpc) is 2.62. The summed E-state index contributed by atoms with van der Waals surface area (Å²) < 4.78 is 0.975. The van der Waals surface area contributed by atoms with Crippen molar-refractivity contribution in [1.82, 2.24) is 5.32 Å². The van der Waals surface area contributed by atoms with Gasteiger partial charge in [-0.2, -0.15) is 0 Å². The van der Waals surface area contributed by atoms with Crippen molar-refractivity contribution in [2.75, 3.05) is 5.32 Å². The molecule has 2 N–H and O–H groups in total. The third-order valence-corrected chi connectivity index (χ3v) is 4.13. The summed E-state index contributed by atoms with van der Waals surface area (Å²) in [4.78, 5) is 12.0. The third-order valence-electron chi connectivity index (χ3n) is 3.64. The number of hydrogen-bond acceptors (Lipinski definition) is 1. The minimum Gasteiger partial charge on any atom is -0.335 e. The van der Waals surface area contributed by atoms with Gasteiger partial charge in [0.1, 0.15) is 0 Å². The average molecular weight is 325 g/mol. The maximum atomic E-state index is 12.0. The van der Waals surface area contributed by atoms with Crippen molar-refractivity contribution >= 4 is 27.6 Å². The number of carbonyl (C=O) groups is 1. The lowest BCUT2D eigenvalue weighted by atomic mass is 10.1. The van der Waals surface area contributed by atoms with Crippen LogP contribution < -0.4 is 10.6 Å². The molecule has 0 heterocycles. The molecule has 0 aliphatic heterocycles. The SMILES string of the molecule is Cc1ccc(Br)cc1NC(=O)NC1CCCCCC1. The van der Waals surface area contributed by atoms with E-state index in [1.807, 2.05) is 25.1 Å². The minimum absolute atomic E-state index is 0.0897. The van der Waals surface area contributed by atoms with Gasteiger partial charge in [0.05, 0.1) is 0 Å². The molecule has 0 saturated heterocycles. The molecule has 1 aromatic rings. The van der Waals surface area contributed by atoms with Crippen LogP contribution in [0.1, 0.15) is 44.1 Å². The van der Waals surface area contributed by atoms with Gasteiger partial charge in [0, 0.05) is 16.2 Å². The highest BCUT2D eigenvalue weighted by molar-refractivity contribution is 9.10. The van der Waals surface area contributed by atoms with Crippen molar-refractivity contribution in [3.8, 4) is 0 Å². The van der Waals surface area contributed by atoms with Crippen LogP contribution in [0.15, 0.2) is 22.7 Å². The second-order valence-electron chi connectivity index (χ2n) is 5.25. The van der Waals surface area contributed by atoms with Gasteiger partial charge in [-0.3, -0.25) is 0 Å². The van der Waals surface area contributed by atoms with Crippen LogP contribution in [0.4, 0.5) is 10.5 Å². The Hall–Kier alpha value is -1.03. The molecule has 4 heteroatoms. The van der Waals surface area contributed by atoms with Crippen molar-refractivity contribution in [3.05, 3.63) is 28.2 Å². The Morgan fingerprint density at radius 3 is 2.58 bits per heavy atom. The lowest BCUT2D eigenvalue weighted by molar-refractivity contribution is 0.247. The summed E-state index contributed by atoms with van der Waals surface area (Å²) in [6, 6.07) is 6.14. The van der Waals surface area contributed by atoms with E-state index in [0.717, 1.165) is 28.6 Å². The van der Waals surface area contributed by atoms with Gasteiger partial charge < -0.3 is 10.6 Å². The number of hydrogen-bond donors (Lipinski definition) is 2. The summed E-state index contributed by atoms with van der Waals surface area (Å²) in [6.45, 7) is 1.99. The lowest BCUT2D eigenvalue weighted by Crippen LogP contribution is -2.37. The van der Waals surface area contributed by atoms with Crippen LogP contribution >= 0.6 is 15.9 Å². The maximum Gasteiger partial charge on any atom is 0.319 e. The molecule has 19 heavy (non-hydrogen) atoms. The van der Waals surface area contributed by atoms with Gasteiger partial charge >= 0.3 is 6.03 Å². The molecule has 2 rings (SSSR count). The van der Waals surface area contributed by atoms with Crippen molar-refractivity contribution in [3.63, 3.8) is 0 Å². The van der Waals surface area contributed by atoms with Crippen LogP contribution in [-0.4, -0.2) is 12.1 Å². The molecule has 2 amide bonds. The predicted octanol–water partition coefficient (Wildman–Crippen LogP) is 4.60. The molecule has 0 aromatic heterocycles. The van der Waals surface area contributed by atoms with E-state index in [-0.39, 0.29) is 6.03 Å². The number of aryl methyl sites for hydroxylation is 1. The first-order chi connectivity index (χ1) is 9.15. The number of rotatable bonds is 2. The first-order valence-electron chi connectivity index (χ1n) is 6.99. The highest BCUT2D eigenvalue weighted by Crippen LogP contribution is 2.21. The number of anilines is 1. The van der Waals surface area contributed by atoms with E-state index in [0.29, 0.717) is 6.04 Å². The Bertz CT molecular complexity index is 440. The largest absolute Gasteiger partial charge is 0.335 e. The van der Waals surface area contributed by atoms with Crippen LogP contribution in [0.5, 0.6) is 0 Å². The second-order valence-corrected chi connectivity index (χ2v) is 6.16. The molecule has 0 bridgehead atoms. The van der Waals surface area contributed by atoms with Gasteiger partial charge in [-0.1, -0.05) is 47.7 Å². The quantitative estimate of drug-likeness (QED) is 0.767. The Kier molecular flexibility index (Phi) is 5.25. The van der Waals surface area contributed by atoms with Gasteiger partial charge in [-0.05, 0) is 37.5 Å². The van der Waals surface area contributed by atoms with E-state index in [1.165, 1.54) is 25.7 Å². The van der Waals surface area contributed by atoms with Crippen molar-refractivity contribution < 1.29 is 4.79 Å². The fourth-order valence-electron chi connectivity index (χ4n) is 2.50. The highest BCUT2D eigenvalue weighted by atomic mass is 79.9. The first kappa shape index (κ1) is 14.4. The van der Waals surface area contributed by atoms with Crippen molar-refractivity contribution in [1.29, 1.82) is 0 Å². The van der Waals surface area contributed by atoms with Gasteiger partial charge in [-0.15, -0.1) is 0 Å². The summed E-state index contributed by atoms with van der Waals surface area (Å²) in [5, 5.41) is 6.03. The number of carbonyl (C=O) groups excluding carboxylic acids is 1. The fraction of sp³-hybridized carbons (Fsp3) is 0.533. The summed E-state index contributed by atoms with van der Waals surface area (Å²) in [6.07, 6.45) is 7.24. The summed E-state index contributed by atoms with van der Waals surface area (Å²) in [5.74, 6) is 0. The zero-order chi connectivity index (χ0) is 13.7. The van der Waals surface area contributed by atoms with Crippen molar-refractivity contribution in [2.24, 2.45) is 0 Å². The van der Waals surface area contributed by atoms with E-state index in [1.54, 1.807) is 0 Å². The minimum atomic E-state index is -0.0897. The molecule has 0 atom stereocenters. The van der Waals surface area contributed by atoms with E-state index in [9.17, 15) is 4.79 Å². The molecule has 1 aliphatic rings. The highest BCUT2D eigenvalue weighted by Gasteiger charge is 2.15. The van der Waals surface area contributed by atoms with Crippen LogP contribution in [0.3, 0.4) is 0 Å². The molecule has 104 valence electrons. The van der Waals surface area contributed by atoms with Crippen LogP contribution in [0.2, 0.25) is 0 Å². The number of nitrogens with one attached hydrogen (secondary N) is 2. The van der Waals surface area contributed by atoms with Crippen LogP contribution in [0, 0.1) is 6.92 Å². The normalized spacial score (nSPS) is 16.7. The zero-order valence-corrected chi connectivity index (χ0v) is 12.9. The maximum absolute atomic E-state index is 12.0. The molecule has 0 spiro atoms. The number of benzene rings is 1. The molecule has 3 nitrogen and oxygen atoms in total. The van der Waals surface area contributed by atoms with Crippen LogP contribution in [-0.2, 0) is 0 Å². The van der Waals surface area contributed by atoms with Gasteiger partial charge in [0.15, 0.2) is 0 Å². The van der Waals surface area contributed by atoms with Crippen molar-refractivity contribution in [2.45, 2.75) is 51.5 Å². The molecular formula is C15H21BrN2O. The van der Waals surface area contributed by atoms with Crippen LogP contribution in [0.25, 0.3) is 0 Å². The number of amides is 2. The summed E-state index contributed by atoms with van der Waals surface area (Å²) in [5.41, 5.74) is 1.93. The molecule has 1 aliphatic carbocycles. The van der Waals surface area contributed by atoms with Gasteiger partial charge in [0.2, 0.25) is 0 Å². The predicted molar refractivity (Wildman–Crippen MR) is 82.5 cm³/mol. The van der Waals surface area contributed by atoms with E-state index >= 15 is 0 Å². The van der Waals surface area contributed by atoms with Gasteiger partial charge in [0.25, 0.3) is 0 Å². The first-order valence-corrected chi connectivity index (χ1v) is 7.78. The summed E-state index contributed by atoms with van der Waals surface area (Å²) in [7, 11) is 0.